The molecule has 1 N–H and O–H groups in total. The van der Waals surface area contributed by atoms with Crippen molar-refractivity contribution in [3.63, 3.8) is 0 Å². The van der Waals surface area contributed by atoms with E-state index in [4.69, 9.17) is 0 Å². The van der Waals surface area contributed by atoms with Crippen LogP contribution in [-0.4, -0.2) is 6.04 Å². The standard InChI is InChI=1S/C15H23NS/c1-11(10-12-4-2-5-12)16-14-6-3-7-15-13(14)8-9-17-15/h8-9,11-12,14,16H,2-7,10H2,1H3. The number of thiophene rings is 1. The minimum atomic E-state index is 0.639. The topological polar surface area (TPSA) is 12.0 Å². The van der Waals surface area contributed by atoms with Crippen molar-refractivity contribution >= 4 is 11.3 Å². The van der Waals surface area contributed by atoms with Gasteiger partial charge in [0.15, 0.2) is 0 Å². The first-order valence-corrected chi connectivity index (χ1v) is 8.03. The third kappa shape index (κ3) is 2.58. The van der Waals surface area contributed by atoms with Gasteiger partial charge in [0.1, 0.15) is 0 Å². The molecule has 2 unspecified atom stereocenters. The minimum absolute atomic E-state index is 0.639. The quantitative estimate of drug-likeness (QED) is 0.839. The molecule has 0 aliphatic heterocycles. The van der Waals surface area contributed by atoms with Crippen LogP contribution in [0.15, 0.2) is 11.4 Å². The van der Waals surface area contributed by atoms with Crippen LogP contribution >= 0.6 is 11.3 Å². The maximum Gasteiger partial charge on any atom is 0.0333 e. The number of rotatable bonds is 4. The van der Waals surface area contributed by atoms with Gasteiger partial charge >= 0.3 is 0 Å². The third-order valence-electron chi connectivity index (χ3n) is 4.45. The fraction of sp³-hybridized carbons (Fsp3) is 0.733. The lowest BCUT2D eigenvalue weighted by Gasteiger charge is -2.32. The zero-order valence-corrected chi connectivity index (χ0v) is 11.6. The summed E-state index contributed by atoms with van der Waals surface area (Å²) in [5, 5.41) is 6.13. The van der Waals surface area contributed by atoms with E-state index in [1.165, 1.54) is 44.9 Å². The normalized spacial score (nSPS) is 26.3. The van der Waals surface area contributed by atoms with E-state index in [2.05, 4.69) is 23.7 Å². The van der Waals surface area contributed by atoms with Crippen LogP contribution in [-0.2, 0) is 6.42 Å². The molecule has 2 aliphatic rings. The molecule has 17 heavy (non-hydrogen) atoms. The van der Waals surface area contributed by atoms with E-state index in [1.54, 1.807) is 10.4 Å². The predicted octanol–water partition coefficient (Wildman–Crippen LogP) is 4.29. The molecule has 0 bridgehead atoms. The van der Waals surface area contributed by atoms with E-state index < -0.39 is 0 Å². The van der Waals surface area contributed by atoms with Gasteiger partial charge in [0.25, 0.3) is 0 Å². The molecule has 1 nitrogen and oxygen atoms in total. The van der Waals surface area contributed by atoms with Crippen LogP contribution in [0.4, 0.5) is 0 Å². The lowest BCUT2D eigenvalue weighted by atomic mass is 9.81. The van der Waals surface area contributed by atoms with Crippen LogP contribution < -0.4 is 5.32 Å². The van der Waals surface area contributed by atoms with Crippen molar-refractivity contribution in [1.82, 2.24) is 5.32 Å². The van der Waals surface area contributed by atoms with E-state index in [0.717, 1.165) is 5.92 Å². The molecular formula is C15H23NS. The third-order valence-corrected chi connectivity index (χ3v) is 5.45. The molecule has 1 heterocycles. The van der Waals surface area contributed by atoms with Crippen molar-refractivity contribution in [3.05, 3.63) is 21.9 Å². The van der Waals surface area contributed by atoms with E-state index in [9.17, 15) is 0 Å². The Morgan fingerprint density at radius 2 is 2.24 bits per heavy atom. The number of nitrogens with one attached hydrogen (secondary N) is 1. The highest BCUT2D eigenvalue weighted by atomic mass is 32.1. The van der Waals surface area contributed by atoms with E-state index in [0.29, 0.717) is 12.1 Å². The second-order valence-electron chi connectivity index (χ2n) is 5.84. The highest BCUT2D eigenvalue weighted by molar-refractivity contribution is 7.10. The summed E-state index contributed by atoms with van der Waals surface area (Å²) in [5.74, 6) is 1.02. The van der Waals surface area contributed by atoms with Crippen LogP contribution in [0.5, 0.6) is 0 Å². The molecule has 1 saturated carbocycles. The van der Waals surface area contributed by atoms with Crippen LogP contribution in [0.2, 0.25) is 0 Å². The van der Waals surface area contributed by atoms with Crippen LogP contribution in [0.3, 0.4) is 0 Å². The Labute approximate surface area is 109 Å². The zero-order chi connectivity index (χ0) is 11.7. The summed E-state index contributed by atoms with van der Waals surface area (Å²) in [4.78, 5) is 1.63. The predicted molar refractivity (Wildman–Crippen MR) is 74.6 cm³/mol. The Morgan fingerprint density at radius 3 is 3.00 bits per heavy atom. The minimum Gasteiger partial charge on any atom is -0.307 e. The van der Waals surface area contributed by atoms with Crippen molar-refractivity contribution in [3.8, 4) is 0 Å². The molecule has 2 aliphatic carbocycles. The summed E-state index contributed by atoms with van der Waals surface area (Å²) in [6, 6.07) is 3.67. The molecule has 94 valence electrons. The fourth-order valence-corrected chi connectivity index (χ4v) is 4.29. The van der Waals surface area contributed by atoms with Crippen molar-refractivity contribution in [2.45, 2.75) is 64.0 Å². The molecule has 3 rings (SSSR count). The van der Waals surface area contributed by atoms with Crippen molar-refractivity contribution in [1.29, 1.82) is 0 Å². The van der Waals surface area contributed by atoms with E-state index >= 15 is 0 Å². The molecule has 0 aromatic carbocycles. The second kappa shape index (κ2) is 5.11. The SMILES string of the molecule is CC(CC1CCC1)NC1CCCc2sccc21. The summed E-state index contributed by atoms with van der Waals surface area (Å²) >= 11 is 1.95. The first-order valence-electron chi connectivity index (χ1n) is 7.15. The summed E-state index contributed by atoms with van der Waals surface area (Å²) in [6.07, 6.45) is 9.80. The van der Waals surface area contributed by atoms with Gasteiger partial charge in [-0.2, -0.15) is 0 Å². The summed E-state index contributed by atoms with van der Waals surface area (Å²) < 4.78 is 0. The van der Waals surface area contributed by atoms with Gasteiger partial charge in [0, 0.05) is 17.0 Å². The number of fused-ring (bicyclic) bond motifs is 1. The summed E-state index contributed by atoms with van der Waals surface area (Å²) in [5.41, 5.74) is 1.60. The smallest absolute Gasteiger partial charge is 0.0333 e. The van der Waals surface area contributed by atoms with Crippen LogP contribution in [0.25, 0.3) is 0 Å². The van der Waals surface area contributed by atoms with Crippen LogP contribution in [0, 0.1) is 5.92 Å². The van der Waals surface area contributed by atoms with Gasteiger partial charge in [-0.1, -0.05) is 19.3 Å². The number of hydrogen-bond donors (Lipinski definition) is 1. The van der Waals surface area contributed by atoms with Gasteiger partial charge in [-0.25, -0.2) is 0 Å². The Balaban J connectivity index is 1.58. The van der Waals surface area contributed by atoms with Crippen molar-refractivity contribution < 1.29 is 0 Å². The second-order valence-corrected chi connectivity index (χ2v) is 6.84. The van der Waals surface area contributed by atoms with Gasteiger partial charge in [-0.15, -0.1) is 11.3 Å². The molecule has 1 fully saturated rings. The lowest BCUT2D eigenvalue weighted by Crippen LogP contribution is -2.34. The average Bonchev–Trinajstić information content (AvgIpc) is 2.73. The maximum atomic E-state index is 3.87. The highest BCUT2D eigenvalue weighted by Gasteiger charge is 2.25. The van der Waals surface area contributed by atoms with Gasteiger partial charge in [0.2, 0.25) is 0 Å². The zero-order valence-electron chi connectivity index (χ0n) is 10.7. The molecule has 0 spiro atoms. The summed E-state index contributed by atoms with van der Waals surface area (Å²) in [6.45, 7) is 2.37. The van der Waals surface area contributed by atoms with E-state index in [-0.39, 0.29) is 0 Å². The monoisotopic (exact) mass is 249 g/mol. The largest absolute Gasteiger partial charge is 0.307 e. The molecule has 0 saturated heterocycles. The van der Waals surface area contributed by atoms with Gasteiger partial charge in [-0.3, -0.25) is 0 Å². The van der Waals surface area contributed by atoms with E-state index in [1.807, 2.05) is 11.3 Å². The number of hydrogen-bond acceptors (Lipinski definition) is 2. The van der Waals surface area contributed by atoms with Gasteiger partial charge < -0.3 is 5.32 Å². The van der Waals surface area contributed by atoms with Crippen molar-refractivity contribution in [2.75, 3.05) is 0 Å². The lowest BCUT2D eigenvalue weighted by molar-refractivity contribution is 0.254. The molecule has 0 radical (unpaired) electrons. The first-order chi connectivity index (χ1) is 8.33. The first kappa shape index (κ1) is 11.7. The molecule has 2 heteroatoms. The molecule has 0 amide bonds. The number of aryl methyl sites for hydroxylation is 1. The van der Waals surface area contributed by atoms with Gasteiger partial charge in [0.05, 0.1) is 0 Å². The van der Waals surface area contributed by atoms with Crippen LogP contribution in [0.1, 0.15) is 61.9 Å². The Kier molecular flexibility index (Phi) is 3.53. The Bertz CT molecular complexity index is 367. The molecule has 2 atom stereocenters. The molecule has 1 aromatic rings. The molecule has 1 aromatic heterocycles. The van der Waals surface area contributed by atoms with Gasteiger partial charge in [-0.05, 0) is 55.5 Å². The summed E-state index contributed by atoms with van der Waals surface area (Å²) in [7, 11) is 0. The molecular weight excluding hydrogens is 226 g/mol. The van der Waals surface area contributed by atoms with Crippen molar-refractivity contribution in [2.24, 2.45) is 5.92 Å². The average molecular weight is 249 g/mol. The Hall–Kier alpha value is -0.340. The fourth-order valence-electron chi connectivity index (χ4n) is 3.30. The maximum absolute atomic E-state index is 3.87. The highest BCUT2D eigenvalue weighted by Crippen LogP contribution is 2.35. The Morgan fingerprint density at radius 1 is 1.35 bits per heavy atom.